The van der Waals surface area contributed by atoms with E-state index in [4.69, 9.17) is 14.2 Å². The number of ether oxygens (including phenoxy) is 3. The Morgan fingerprint density at radius 2 is 2.00 bits per heavy atom. The van der Waals surface area contributed by atoms with E-state index in [2.05, 4.69) is 4.72 Å². The van der Waals surface area contributed by atoms with E-state index in [9.17, 15) is 22.0 Å². The molecule has 4 atom stereocenters. The largest absolute Gasteiger partial charge is 0.453 e. The minimum Gasteiger partial charge on any atom is -0.453 e. The Bertz CT molecular complexity index is 941. The molecule has 1 aliphatic carbocycles. The molecule has 1 amide bonds. The van der Waals surface area contributed by atoms with E-state index in [0.717, 1.165) is 31.2 Å². The van der Waals surface area contributed by atoms with Crippen LogP contribution in [0.25, 0.3) is 0 Å². The molecular formula is C22H30F2N2O6S. The monoisotopic (exact) mass is 488 g/mol. The first kappa shape index (κ1) is 24.3. The number of benzene rings is 1. The maximum Gasteiger partial charge on any atom is 0.410 e. The maximum atomic E-state index is 13.6. The summed E-state index contributed by atoms with van der Waals surface area (Å²) in [5.74, 6) is -0.298. The highest BCUT2D eigenvalue weighted by atomic mass is 32.2. The third kappa shape index (κ3) is 5.31. The Hall–Kier alpha value is -1.82. The smallest absolute Gasteiger partial charge is 0.410 e. The molecule has 4 rings (SSSR count). The van der Waals surface area contributed by atoms with Crippen molar-refractivity contribution in [1.29, 1.82) is 0 Å². The second-order valence-electron chi connectivity index (χ2n) is 8.94. The third-order valence-corrected chi connectivity index (χ3v) is 7.94. The van der Waals surface area contributed by atoms with Crippen molar-refractivity contribution in [3.63, 3.8) is 0 Å². The normalized spacial score (nSPS) is 32.0. The number of carbonyl (C=O) groups is 1. The zero-order valence-electron chi connectivity index (χ0n) is 18.5. The van der Waals surface area contributed by atoms with Crippen LogP contribution in [0, 0.1) is 11.7 Å². The number of fused-ring (bicyclic) bond motifs is 1. The van der Waals surface area contributed by atoms with Crippen LogP contribution in [0.1, 0.15) is 37.2 Å². The van der Waals surface area contributed by atoms with Crippen molar-refractivity contribution in [3.05, 3.63) is 35.6 Å². The van der Waals surface area contributed by atoms with Crippen LogP contribution in [-0.4, -0.2) is 76.6 Å². The molecule has 11 heteroatoms. The van der Waals surface area contributed by atoms with Gasteiger partial charge in [0.05, 0.1) is 51.2 Å². The van der Waals surface area contributed by atoms with Gasteiger partial charge in [0, 0.05) is 5.92 Å². The molecule has 33 heavy (non-hydrogen) atoms. The fraction of sp³-hybridized carbons (Fsp3) is 0.682. The first-order valence-corrected chi connectivity index (χ1v) is 12.8. The molecule has 3 aliphatic rings. The van der Waals surface area contributed by atoms with Gasteiger partial charge in [0.2, 0.25) is 16.0 Å². The van der Waals surface area contributed by atoms with Crippen molar-refractivity contribution < 1.29 is 36.2 Å². The predicted octanol–water partition coefficient (Wildman–Crippen LogP) is 2.55. The van der Waals surface area contributed by atoms with Crippen LogP contribution in [0.2, 0.25) is 0 Å². The van der Waals surface area contributed by atoms with E-state index in [1.807, 2.05) is 6.07 Å². The van der Waals surface area contributed by atoms with Gasteiger partial charge in [0.25, 0.3) is 0 Å². The van der Waals surface area contributed by atoms with E-state index in [0.29, 0.717) is 0 Å². The van der Waals surface area contributed by atoms with Crippen molar-refractivity contribution in [2.75, 3.05) is 32.9 Å². The quantitative estimate of drug-likeness (QED) is 0.634. The van der Waals surface area contributed by atoms with Crippen molar-refractivity contribution in [2.45, 2.75) is 55.8 Å². The van der Waals surface area contributed by atoms with Crippen LogP contribution in [0.5, 0.6) is 0 Å². The van der Waals surface area contributed by atoms with Gasteiger partial charge >= 0.3 is 6.09 Å². The Morgan fingerprint density at radius 1 is 1.24 bits per heavy atom. The van der Waals surface area contributed by atoms with Crippen LogP contribution in [0.15, 0.2) is 24.3 Å². The van der Waals surface area contributed by atoms with Crippen LogP contribution in [0.3, 0.4) is 0 Å². The number of alkyl halides is 1. The molecule has 3 fully saturated rings. The van der Waals surface area contributed by atoms with Crippen molar-refractivity contribution in [1.82, 2.24) is 9.62 Å². The molecule has 2 aliphatic heterocycles. The summed E-state index contributed by atoms with van der Waals surface area (Å²) >= 11 is 0. The summed E-state index contributed by atoms with van der Waals surface area (Å²) in [5.41, 5.74) is 0.981. The molecule has 184 valence electrons. The van der Waals surface area contributed by atoms with Gasteiger partial charge in [-0.05, 0) is 49.3 Å². The number of methoxy groups -OCH3 is 1. The second kappa shape index (κ2) is 10.2. The van der Waals surface area contributed by atoms with Gasteiger partial charge in [0.1, 0.15) is 5.82 Å². The van der Waals surface area contributed by atoms with Gasteiger partial charge in [-0.15, -0.1) is 0 Å². The minimum atomic E-state index is -4.15. The lowest BCUT2D eigenvalue weighted by molar-refractivity contribution is -0.0137. The molecule has 0 spiro atoms. The zero-order valence-corrected chi connectivity index (χ0v) is 19.3. The topological polar surface area (TPSA) is 94.2 Å². The van der Waals surface area contributed by atoms with Gasteiger partial charge in [0.15, 0.2) is 0 Å². The highest BCUT2D eigenvalue weighted by Crippen LogP contribution is 2.38. The number of nitrogens with zero attached hydrogens (tertiary/aromatic N) is 1. The number of hydrogen-bond donors (Lipinski definition) is 1. The Labute approximate surface area is 192 Å². The first-order chi connectivity index (χ1) is 15.8. The van der Waals surface area contributed by atoms with E-state index < -0.39 is 34.2 Å². The maximum absolute atomic E-state index is 13.6. The van der Waals surface area contributed by atoms with Gasteiger partial charge in [-0.25, -0.2) is 26.7 Å². The van der Waals surface area contributed by atoms with Crippen LogP contribution in [0.4, 0.5) is 13.6 Å². The highest BCUT2D eigenvalue weighted by Gasteiger charge is 2.55. The minimum absolute atomic E-state index is 0.0653. The van der Waals surface area contributed by atoms with Gasteiger partial charge in [-0.1, -0.05) is 12.1 Å². The summed E-state index contributed by atoms with van der Waals surface area (Å²) in [6.07, 6.45) is 2.56. The molecule has 2 saturated heterocycles. The Kier molecular flexibility index (Phi) is 7.52. The molecule has 0 radical (unpaired) electrons. The van der Waals surface area contributed by atoms with E-state index >= 15 is 0 Å². The van der Waals surface area contributed by atoms with Gasteiger partial charge in [-0.3, -0.25) is 4.90 Å². The number of hydrogen-bond acceptors (Lipinski definition) is 6. The number of carbonyl (C=O) groups excluding carboxylic acids is 1. The molecular weight excluding hydrogens is 458 g/mol. The van der Waals surface area contributed by atoms with E-state index in [1.165, 1.54) is 18.1 Å². The van der Waals surface area contributed by atoms with Crippen molar-refractivity contribution >= 4 is 16.1 Å². The van der Waals surface area contributed by atoms with Crippen LogP contribution in [-0.2, 0) is 24.2 Å². The summed E-state index contributed by atoms with van der Waals surface area (Å²) in [4.78, 5) is 14.0. The first-order valence-electron chi connectivity index (χ1n) is 11.2. The van der Waals surface area contributed by atoms with Crippen LogP contribution < -0.4 is 4.72 Å². The molecule has 1 N–H and O–H groups in total. The fourth-order valence-electron chi connectivity index (χ4n) is 5.42. The van der Waals surface area contributed by atoms with E-state index in [-0.39, 0.29) is 49.6 Å². The van der Waals surface area contributed by atoms with Gasteiger partial charge in [-0.2, -0.15) is 0 Å². The molecule has 1 aromatic carbocycles. The summed E-state index contributed by atoms with van der Waals surface area (Å²) < 4.78 is 69.6. The number of halogens is 2. The molecule has 8 nitrogen and oxygen atoms in total. The zero-order chi connectivity index (χ0) is 23.6. The molecule has 0 unspecified atom stereocenters. The molecule has 0 aromatic heterocycles. The summed E-state index contributed by atoms with van der Waals surface area (Å²) in [6, 6.07) is 3.36. The fourth-order valence-corrected chi connectivity index (χ4v) is 6.23. The summed E-state index contributed by atoms with van der Waals surface area (Å²) in [7, 11) is -2.89. The predicted molar refractivity (Wildman–Crippen MR) is 115 cm³/mol. The Balaban J connectivity index is 1.42. The molecule has 0 bridgehead atoms. The second-order valence-corrected chi connectivity index (χ2v) is 10.6. The number of amides is 1. The average molecular weight is 489 g/mol. The summed E-state index contributed by atoms with van der Waals surface area (Å²) in [6.45, 7) is 0.604. The van der Waals surface area contributed by atoms with Crippen LogP contribution >= 0.6 is 0 Å². The Morgan fingerprint density at radius 3 is 2.67 bits per heavy atom. The number of rotatable bonds is 7. The van der Waals surface area contributed by atoms with E-state index in [1.54, 1.807) is 12.1 Å². The molecule has 1 aromatic rings. The number of nitrogens with one attached hydrogen (secondary N) is 1. The average Bonchev–Trinajstić information content (AvgIpc) is 3.39. The lowest BCUT2D eigenvalue weighted by atomic mass is 9.82. The molecule has 2 heterocycles. The number of likely N-dealkylation sites (tertiary alicyclic amines) is 1. The summed E-state index contributed by atoms with van der Waals surface area (Å²) in [5, 5.41) is 0. The van der Waals surface area contributed by atoms with Crippen molar-refractivity contribution in [3.8, 4) is 0 Å². The third-order valence-electron chi connectivity index (χ3n) is 7.03. The molecule has 1 saturated carbocycles. The number of sulfonamides is 1. The van der Waals surface area contributed by atoms with Crippen molar-refractivity contribution in [2.24, 2.45) is 5.92 Å². The van der Waals surface area contributed by atoms with Gasteiger partial charge < -0.3 is 14.2 Å². The highest BCUT2D eigenvalue weighted by molar-refractivity contribution is 7.89. The standard InChI is InChI=1S/C22H30F2N2O6S/c1-30-22(27)26-19-11-31-10-18(19)21(25-33(28,29)13-23)20(26)12-32-17-7-5-14(6-8-17)15-3-2-4-16(24)9-15/h2-4,9,14,17-21,25H,5-8,10-13H2,1H3/t14?,17?,18-,19+,20-,21-/m0/s1. The SMILES string of the molecule is COC(=O)N1[C@@H]2COC[C@@H]2[C@H](NS(=O)(=O)CF)[C@@H]1COC1CCC(c2cccc(F)c2)CC1. The lowest BCUT2D eigenvalue weighted by Gasteiger charge is -2.33. The lowest BCUT2D eigenvalue weighted by Crippen LogP contribution is -2.52.